The molecule has 0 saturated heterocycles. The minimum Gasteiger partial charge on any atom is -0.360 e. The SMILES string of the molecule is C1=C(c2ccc(-c3ccccc3)cc2)NC(c2ccc(-c3ccccc3-c3ccc4c(c3)C3(c5ccccc5-4)c4ccccc4N(c4ccccc4)c4ccccc43)cc2)N=C1c1ccccc1. The van der Waals surface area contributed by atoms with Gasteiger partial charge in [0.25, 0.3) is 0 Å². The topological polar surface area (TPSA) is 27.6 Å². The van der Waals surface area contributed by atoms with Crippen LogP contribution < -0.4 is 10.2 Å². The molecule has 10 aromatic rings. The molecule has 1 aliphatic carbocycles. The van der Waals surface area contributed by atoms with Crippen molar-refractivity contribution in [3.8, 4) is 44.5 Å². The van der Waals surface area contributed by atoms with Gasteiger partial charge in [0, 0.05) is 11.4 Å². The predicted molar refractivity (Wildman–Crippen MR) is 282 cm³/mol. The average molecular weight is 868 g/mol. The number of allylic oxidation sites excluding steroid dienone is 1. The molecule has 0 radical (unpaired) electrons. The Labute approximate surface area is 397 Å². The maximum Gasteiger partial charge on any atom is 0.145 e. The quantitative estimate of drug-likeness (QED) is 0.173. The Balaban J connectivity index is 0.888. The number of hydrogen-bond donors (Lipinski definition) is 1. The van der Waals surface area contributed by atoms with Gasteiger partial charge in [-0.1, -0.05) is 224 Å². The van der Waals surface area contributed by atoms with E-state index in [1.807, 2.05) is 0 Å². The van der Waals surface area contributed by atoms with Crippen molar-refractivity contribution in [2.75, 3.05) is 4.90 Å². The molecule has 0 fully saturated rings. The lowest BCUT2D eigenvalue weighted by atomic mass is 9.64. The maximum atomic E-state index is 5.30. The van der Waals surface area contributed by atoms with Gasteiger partial charge in [-0.15, -0.1) is 0 Å². The Morgan fingerprint density at radius 3 is 1.49 bits per heavy atom. The van der Waals surface area contributed by atoms with Crippen LogP contribution in [0.2, 0.25) is 0 Å². The molecule has 10 aromatic carbocycles. The molecular weight excluding hydrogens is 823 g/mol. The lowest BCUT2D eigenvalue weighted by molar-refractivity contribution is 0.664. The molecule has 3 heteroatoms. The standard InChI is InChI=1S/C65H45N3/c1-4-18-44(19-5-1)45-32-36-48(37-33-45)61-43-60(47-20-6-2-7-21-47)66-64(67-61)49-38-34-46(35-39-49)52-24-10-11-25-53(52)50-40-41-55-54-26-12-13-27-56(54)65(59(55)42-50)57-28-14-16-30-62(57)68(51-22-8-3-9-23-51)63-31-17-15-29-58(63)65/h1-43,64,67H. The lowest BCUT2D eigenvalue weighted by Gasteiger charge is -2.45. The number of aliphatic imine (C=N–C) groups is 1. The second kappa shape index (κ2) is 16.3. The van der Waals surface area contributed by atoms with Crippen LogP contribution in [0.25, 0.3) is 50.2 Å². The first-order valence-electron chi connectivity index (χ1n) is 23.5. The Kier molecular flexibility index (Phi) is 9.47. The van der Waals surface area contributed by atoms with Crippen molar-refractivity contribution in [2.24, 2.45) is 4.99 Å². The summed E-state index contributed by atoms with van der Waals surface area (Å²) in [4.78, 5) is 7.74. The van der Waals surface area contributed by atoms with E-state index in [-0.39, 0.29) is 6.17 Å². The summed E-state index contributed by atoms with van der Waals surface area (Å²) in [6.07, 6.45) is 1.91. The fourth-order valence-corrected chi connectivity index (χ4v) is 11.1. The predicted octanol–water partition coefficient (Wildman–Crippen LogP) is 16.0. The Hall–Kier alpha value is -8.79. The summed E-state index contributed by atoms with van der Waals surface area (Å²) >= 11 is 0. The van der Waals surface area contributed by atoms with Gasteiger partial charge >= 0.3 is 0 Å². The zero-order chi connectivity index (χ0) is 45.0. The molecule has 0 amide bonds. The van der Waals surface area contributed by atoms with Crippen molar-refractivity contribution >= 4 is 28.5 Å². The molecule has 13 rings (SSSR count). The largest absolute Gasteiger partial charge is 0.360 e. The number of hydrogen-bond acceptors (Lipinski definition) is 3. The van der Waals surface area contributed by atoms with Crippen LogP contribution in [0, 0.1) is 0 Å². The average Bonchev–Trinajstić information content (AvgIpc) is 3.71. The van der Waals surface area contributed by atoms with Crippen LogP contribution in [0.5, 0.6) is 0 Å². The molecule has 2 aliphatic heterocycles. The Bertz CT molecular complexity index is 3530. The van der Waals surface area contributed by atoms with Crippen molar-refractivity contribution in [1.82, 2.24) is 5.32 Å². The first kappa shape index (κ1) is 39.6. The number of nitrogens with one attached hydrogen (secondary N) is 1. The van der Waals surface area contributed by atoms with Crippen molar-refractivity contribution in [3.05, 3.63) is 300 Å². The van der Waals surface area contributed by atoms with E-state index >= 15 is 0 Å². The van der Waals surface area contributed by atoms with E-state index in [1.54, 1.807) is 0 Å². The van der Waals surface area contributed by atoms with Crippen LogP contribution in [0.3, 0.4) is 0 Å². The van der Waals surface area contributed by atoms with E-state index in [2.05, 4.69) is 271 Å². The molecular formula is C65H45N3. The lowest BCUT2D eigenvalue weighted by Crippen LogP contribution is -2.36. The Morgan fingerprint density at radius 2 is 0.824 bits per heavy atom. The van der Waals surface area contributed by atoms with Gasteiger partial charge in [-0.05, 0) is 120 Å². The second-order valence-corrected chi connectivity index (χ2v) is 17.9. The van der Waals surface area contributed by atoms with Crippen molar-refractivity contribution < 1.29 is 0 Å². The van der Waals surface area contributed by atoms with Crippen molar-refractivity contribution in [1.29, 1.82) is 0 Å². The van der Waals surface area contributed by atoms with Crippen LogP contribution in [0.4, 0.5) is 17.1 Å². The molecule has 2 heterocycles. The minimum absolute atomic E-state index is 0.267. The van der Waals surface area contributed by atoms with Gasteiger partial charge in [0.1, 0.15) is 6.17 Å². The molecule has 320 valence electrons. The van der Waals surface area contributed by atoms with Crippen LogP contribution in [0.1, 0.15) is 45.1 Å². The summed E-state index contributed by atoms with van der Waals surface area (Å²) in [5.74, 6) is 0. The fraction of sp³-hybridized carbons (Fsp3) is 0.0308. The van der Waals surface area contributed by atoms with Gasteiger partial charge in [0.15, 0.2) is 0 Å². The summed E-state index contributed by atoms with van der Waals surface area (Å²) in [5.41, 5.74) is 23.2. The van der Waals surface area contributed by atoms with Crippen molar-refractivity contribution in [3.63, 3.8) is 0 Å². The molecule has 1 spiro atoms. The van der Waals surface area contributed by atoms with Gasteiger partial charge in [-0.3, -0.25) is 4.99 Å². The normalized spacial score (nSPS) is 15.0. The highest BCUT2D eigenvalue weighted by atomic mass is 15.2. The zero-order valence-electron chi connectivity index (χ0n) is 37.3. The molecule has 1 atom stereocenters. The summed E-state index contributed by atoms with van der Waals surface area (Å²) in [6.45, 7) is 0. The summed E-state index contributed by atoms with van der Waals surface area (Å²) in [6, 6.07) is 92.7. The summed E-state index contributed by atoms with van der Waals surface area (Å²) in [5, 5.41) is 3.80. The van der Waals surface area contributed by atoms with E-state index in [0.717, 1.165) is 39.3 Å². The van der Waals surface area contributed by atoms with Gasteiger partial charge in [-0.25, -0.2) is 0 Å². The summed E-state index contributed by atoms with van der Waals surface area (Å²) in [7, 11) is 0. The first-order valence-corrected chi connectivity index (χ1v) is 23.5. The highest BCUT2D eigenvalue weighted by Gasteiger charge is 2.51. The van der Waals surface area contributed by atoms with Gasteiger partial charge in [0.2, 0.25) is 0 Å². The van der Waals surface area contributed by atoms with E-state index in [4.69, 9.17) is 4.99 Å². The zero-order valence-corrected chi connectivity index (χ0v) is 37.3. The summed E-state index contributed by atoms with van der Waals surface area (Å²) < 4.78 is 0. The first-order chi connectivity index (χ1) is 33.7. The molecule has 0 aromatic heterocycles. The number of nitrogens with zero attached hydrogens (tertiary/aromatic N) is 2. The molecule has 3 aliphatic rings. The molecule has 0 saturated carbocycles. The van der Waals surface area contributed by atoms with E-state index in [1.165, 1.54) is 72.6 Å². The van der Waals surface area contributed by atoms with Crippen LogP contribution in [-0.2, 0) is 5.41 Å². The smallest absolute Gasteiger partial charge is 0.145 e. The third-order valence-corrected chi connectivity index (χ3v) is 14.1. The van der Waals surface area contributed by atoms with Crippen LogP contribution in [0.15, 0.2) is 266 Å². The number of anilines is 3. The number of fused-ring (bicyclic) bond motifs is 9. The van der Waals surface area contributed by atoms with Gasteiger partial charge in [-0.2, -0.15) is 0 Å². The highest BCUT2D eigenvalue weighted by molar-refractivity contribution is 6.13. The molecule has 3 nitrogen and oxygen atoms in total. The monoisotopic (exact) mass is 867 g/mol. The number of para-hydroxylation sites is 3. The van der Waals surface area contributed by atoms with E-state index in [0.29, 0.717) is 0 Å². The van der Waals surface area contributed by atoms with E-state index < -0.39 is 5.41 Å². The van der Waals surface area contributed by atoms with Crippen LogP contribution >= 0.6 is 0 Å². The molecule has 1 N–H and O–H groups in total. The second-order valence-electron chi connectivity index (χ2n) is 17.9. The van der Waals surface area contributed by atoms with Crippen molar-refractivity contribution in [2.45, 2.75) is 11.6 Å². The number of benzene rings is 10. The Morgan fingerprint density at radius 1 is 0.353 bits per heavy atom. The molecule has 68 heavy (non-hydrogen) atoms. The van der Waals surface area contributed by atoms with Crippen LogP contribution in [-0.4, -0.2) is 5.71 Å². The van der Waals surface area contributed by atoms with E-state index in [9.17, 15) is 0 Å². The number of rotatable bonds is 7. The maximum absolute atomic E-state index is 5.30. The fourth-order valence-electron chi connectivity index (χ4n) is 11.1. The molecule has 0 bridgehead atoms. The minimum atomic E-state index is -0.527. The third-order valence-electron chi connectivity index (χ3n) is 14.1. The highest BCUT2D eigenvalue weighted by Crippen LogP contribution is 2.63. The third kappa shape index (κ3) is 6.39. The van der Waals surface area contributed by atoms with Gasteiger partial charge < -0.3 is 10.2 Å². The molecule has 1 unspecified atom stereocenters. The van der Waals surface area contributed by atoms with Gasteiger partial charge in [0.05, 0.1) is 22.5 Å².